The van der Waals surface area contributed by atoms with Crippen LogP contribution >= 0.6 is 0 Å². The van der Waals surface area contributed by atoms with E-state index in [-0.39, 0.29) is 11.3 Å². The van der Waals surface area contributed by atoms with E-state index in [1.54, 1.807) is 18.3 Å². The van der Waals surface area contributed by atoms with Crippen LogP contribution in [0.5, 0.6) is 5.75 Å². The molecule has 0 atom stereocenters. The lowest BCUT2D eigenvalue weighted by atomic mass is 10.1. The molecule has 0 bridgehead atoms. The molecule has 2 heterocycles. The number of aromatic nitrogens is 1. The molecule has 4 rings (SSSR count). The minimum atomic E-state index is -0.888. The average Bonchev–Trinajstić information content (AvgIpc) is 3.26. The highest BCUT2D eigenvalue weighted by Crippen LogP contribution is 2.23. The predicted octanol–water partition coefficient (Wildman–Crippen LogP) is 4.10. The van der Waals surface area contributed by atoms with E-state index in [1.165, 1.54) is 18.2 Å². The number of nitrogens with zero attached hydrogens (tertiary/aromatic N) is 2. The van der Waals surface area contributed by atoms with Gasteiger partial charge in [-0.3, -0.25) is 14.9 Å². The van der Waals surface area contributed by atoms with Crippen LogP contribution in [0.2, 0.25) is 0 Å². The lowest BCUT2D eigenvalue weighted by Gasteiger charge is -2.26. The molecule has 34 heavy (non-hydrogen) atoms. The molecule has 0 saturated carbocycles. The first-order valence-corrected chi connectivity index (χ1v) is 10.6. The van der Waals surface area contributed by atoms with Crippen molar-refractivity contribution >= 4 is 29.6 Å². The van der Waals surface area contributed by atoms with Crippen molar-refractivity contribution in [2.75, 3.05) is 11.5 Å². The second-order valence-electron chi connectivity index (χ2n) is 7.51. The molecule has 1 aromatic heterocycles. The number of ether oxygens (including phenoxy) is 1. The molecule has 0 radical (unpaired) electrons. The highest BCUT2D eigenvalue weighted by Gasteiger charge is 2.37. The van der Waals surface area contributed by atoms with Gasteiger partial charge in [0.15, 0.2) is 0 Å². The molecule has 1 aliphatic heterocycles. The number of carbonyl (C=O) groups excluding carboxylic acids is 3. The van der Waals surface area contributed by atoms with Crippen LogP contribution in [0.15, 0.2) is 85.1 Å². The van der Waals surface area contributed by atoms with Gasteiger partial charge in [0, 0.05) is 11.9 Å². The van der Waals surface area contributed by atoms with E-state index in [0.717, 1.165) is 28.3 Å². The van der Waals surface area contributed by atoms with Crippen LogP contribution in [0.1, 0.15) is 11.3 Å². The van der Waals surface area contributed by atoms with Crippen molar-refractivity contribution in [3.8, 4) is 5.75 Å². The fourth-order valence-electron chi connectivity index (χ4n) is 3.61. The third-order valence-electron chi connectivity index (χ3n) is 5.27. The number of benzene rings is 2. The highest BCUT2D eigenvalue weighted by atomic mass is 19.1. The first kappa shape index (κ1) is 22.7. The molecule has 7 nitrogen and oxygen atoms in total. The fraction of sp³-hybridized carbons (Fsp3) is 0.115. The molecule has 2 aromatic carbocycles. The zero-order valence-electron chi connectivity index (χ0n) is 18.2. The molecule has 172 valence electrons. The molecule has 0 unspecified atom stereocenters. The smallest absolute Gasteiger partial charge is 0.335 e. The van der Waals surface area contributed by atoms with Gasteiger partial charge in [0.05, 0.1) is 12.2 Å². The third kappa shape index (κ3) is 4.80. The lowest BCUT2D eigenvalue weighted by molar-refractivity contribution is -0.122. The molecular formula is C26H22FN3O4. The second kappa shape index (κ2) is 9.99. The van der Waals surface area contributed by atoms with Gasteiger partial charge in [0.1, 0.15) is 23.7 Å². The van der Waals surface area contributed by atoms with E-state index >= 15 is 0 Å². The van der Waals surface area contributed by atoms with Crippen LogP contribution in [-0.4, -0.2) is 29.0 Å². The molecule has 1 aliphatic rings. The summed E-state index contributed by atoms with van der Waals surface area (Å²) in [6.45, 7) is 4.59. The molecule has 1 saturated heterocycles. The van der Waals surface area contributed by atoms with Crippen molar-refractivity contribution in [2.45, 2.75) is 13.0 Å². The van der Waals surface area contributed by atoms with Crippen molar-refractivity contribution in [2.24, 2.45) is 0 Å². The number of allylic oxidation sites excluding steroid dienone is 1. The number of nitrogens with one attached hydrogen (secondary N) is 1. The monoisotopic (exact) mass is 459 g/mol. The Morgan fingerprint density at radius 2 is 1.76 bits per heavy atom. The number of imide groups is 2. The zero-order chi connectivity index (χ0) is 24.1. The van der Waals surface area contributed by atoms with E-state index < -0.39 is 23.7 Å². The Morgan fingerprint density at radius 3 is 2.53 bits per heavy atom. The number of para-hydroxylation sites is 1. The van der Waals surface area contributed by atoms with Crippen molar-refractivity contribution < 1.29 is 23.5 Å². The molecule has 8 heteroatoms. The Bertz CT molecular complexity index is 1280. The Balaban J connectivity index is 1.52. The van der Waals surface area contributed by atoms with E-state index in [1.807, 2.05) is 34.9 Å². The molecule has 1 N–H and O–H groups in total. The minimum absolute atomic E-state index is 0.157. The quantitative estimate of drug-likeness (QED) is 0.312. The number of anilines is 1. The van der Waals surface area contributed by atoms with Crippen molar-refractivity contribution in [3.63, 3.8) is 0 Å². The maximum Gasteiger partial charge on any atom is 0.335 e. The summed E-state index contributed by atoms with van der Waals surface area (Å²) in [6.07, 6.45) is 5.73. The summed E-state index contributed by atoms with van der Waals surface area (Å²) < 4.78 is 21.0. The molecule has 1 fully saturated rings. The maximum absolute atomic E-state index is 13.3. The summed E-state index contributed by atoms with van der Waals surface area (Å²) >= 11 is 0. The standard InChI is InChI=1S/C26H22FN3O4/c1-2-6-18-7-3-4-9-23(18)34-16-15-29-14-5-8-21(29)17-22-24(31)28-26(33)30(25(22)32)20-12-10-19(27)11-13-20/h2-5,7-14,17H,1,6,15-16H2,(H,28,31,33). The number of urea groups is 1. The second-order valence-corrected chi connectivity index (χ2v) is 7.51. The number of rotatable bonds is 8. The van der Waals surface area contributed by atoms with Crippen LogP contribution in [0.3, 0.4) is 0 Å². The largest absolute Gasteiger partial charge is 0.491 e. The number of hydrogen-bond acceptors (Lipinski definition) is 4. The molecule has 3 aromatic rings. The summed E-state index contributed by atoms with van der Waals surface area (Å²) in [4.78, 5) is 38.5. The number of halogens is 1. The molecule has 4 amide bonds. The van der Waals surface area contributed by atoms with E-state index in [0.29, 0.717) is 25.3 Å². The average molecular weight is 459 g/mol. The molecule has 0 spiro atoms. The van der Waals surface area contributed by atoms with Gasteiger partial charge in [-0.2, -0.15) is 0 Å². The first-order valence-electron chi connectivity index (χ1n) is 10.6. The minimum Gasteiger partial charge on any atom is -0.491 e. The zero-order valence-corrected chi connectivity index (χ0v) is 18.2. The summed E-state index contributed by atoms with van der Waals surface area (Å²) in [5, 5.41) is 2.16. The van der Waals surface area contributed by atoms with Gasteiger partial charge in [0.25, 0.3) is 11.8 Å². The Morgan fingerprint density at radius 1 is 1.00 bits per heavy atom. The highest BCUT2D eigenvalue weighted by molar-refractivity contribution is 6.39. The van der Waals surface area contributed by atoms with E-state index in [9.17, 15) is 18.8 Å². The Labute approximate surface area is 195 Å². The van der Waals surface area contributed by atoms with Gasteiger partial charge in [0.2, 0.25) is 0 Å². The van der Waals surface area contributed by atoms with Gasteiger partial charge in [-0.25, -0.2) is 14.1 Å². The summed E-state index contributed by atoms with van der Waals surface area (Å²) in [7, 11) is 0. The Hall–Kier alpha value is -4.46. The number of hydrogen-bond donors (Lipinski definition) is 1. The summed E-state index contributed by atoms with van der Waals surface area (Å²) in [5.41, 5.74) is 1.57. The van der Waals surface area contributed by atoms with Crippen molar-refractivity contribution in [1.82, 2.24) is 9.88 Å². The van der Waals surface area contributed by atoms with Crippen molar-refractivity contribution in [3.05, 3.63) is 102 Å². The van der Waals surface area contributed by atoms with Crippen LogP contribution in [-0.2, 0) is 22.6 Å². The summed E-state index contributed by atoms with van der Waals surface area (Å²) in [6, 6.07) is 15.2. The normalized spacial score (nSPS) is 14.9. The number of barbiturate groups is 1. The summed E-state index contributed by atoms with van der Waals surface area (Å²) in [5.74, 6) is -1.32. The molecular weight excluding hydrogens is 437 g/mol. The van der Waals surface area contributed by atoms with Gasteiger partial charge < -0.3 is 9.30 Å². The fourth-order valence-corrected chi connectivity index (χ4v) is 3.61. The SMILES string of the molecule is C=CCc1ccccc1OCCn1cccc1C=C1C(=O)NC(=O)N(c2ccc(F)cc2)C1=O. The predicted molar refractivity (Wildman–Crippen MR) is 126 cm³/mol. The van der Waals surface area contributed by atoms with Crippen molar-refractivity contribution in [1.29, 1.82) is 0 Å². The number of carbonyl (C=O) groups is 3. The van der Waals surface area contributed by atoms with Gasteiger partial charge in [-0.05, 0) is 60.5 Å². The molecule has 0 aliphatic carbocycles. The first-order chi connectivity index (χ1) is 16.5. The third-order valence-corrected chi connectivity index (χ3v) is 5.27. The number of amides is 4. The van der Waals surface area contributed by atoms with Gasteiger partial charge in [-0.15, -0.1) is 6.58 Å². The van der Waals surface area contributed by atoms with E-state index in [4.69, 9.17) is 4.74 Å². The van der Waals surface area contributed by atoms with Gasteiger partial charge in [-0.1, -0.05) is 24.3 Å². The topological polar surface area (TPSA) is 80.6 Å². The van der Waals surface area contributed by atoms with E-state index in [2.05, 4.69) is 11.9 Å². The van der Waals surface area contributed by atoms with Crippen LogP contribution in [0.4, 0.5) is 14.9 Å². The van der Waals surface area contributed by atoms with Crippen LogP contribution < -0.4 is 15.0 Å². The Kier molecular flexibility index (Phi) is 6.68. The van der Waals surface area contributed by atoms with Gasteiger partial charge >= 0.3 is 6.03 Å². The lowest BCUT2D eigenvalue weighted by Crippen LogP contribution is -2.54. The van der Waals surface area contributed by atoms with Crippen LogP contribution in [0.25, 0.3) is 6.08 Å². The maximum atomic E-state index is 13.3. The van der Waals surface area contributed by atoms with Crippen LogP contribution in [0, 0.1) is 5.82 Å².